The number of aromatic nitrogens is 3. The van der Waals surface area contributed by atoms with E-state index >= 15 is 0 Å². The van der Waals surface area contributed by atoms with Gasteiger partial charge in [-0.3, -0.25) is 0 Å². The van der Waals surface area contributed by atoms with Crippen LogP contribution in [0.15, 0.2) is 170 Å². The maximum atomic E-state index is 5.21. The van der Waals surface area contributed by atoms with E-state index in [1.807, 2.05) is 29.5 Å². The molecule has 0 bridgehead atoms. The van der Waals surface area contributed by atoms with Gasteiger partial charge in [-0.1, -0.05) is 164 Å². The van der Waals surface area contributed by atoms with Gasteiger partial charge in [0.2, 0.25) is 0 Å². The highest BCUT2D eigenvalue weighted by Gasteiger charge is 2.32. The first kappa shape index (κ1) is 28.8. The molecular weight excluding hydrogens is 627 g/mol. The molecule has 50 heavy (non-hydrogen) atoms. The van der Waals surface area contributed by atoms with E-state index in [-0.39, 0.29) is 5.92 Å². The van der Waals surface area contributed by atoms with Crippen LogP contribution in [-0.4, -0.2) is 15.0 Å². The Balaban J connectivity index is 1.12. The molecule has 2 aromatic heterocycles. The molecule has 0 spiro atoms. The van der Waals surface area contributed by atoms with E-state index in [9.17, 15) is 0 Å². The van der Waals surface area contributed by atoms with E-state index in [2.05, 4.69) is 152 Å². The molecule has 1 unspecified atom stereocenters. The van der Waals surface area contributed by atoms with Crippen LogP contribution in [0.1, 0.15) is 22.6 Å². The molecule has 0 fully saturated rings. The summed E-state index contributed by atoms with van der Waals surface area (Å²) >= 11 is 1.85. The molecule has 9 aromatic rings. The Morgan fingerprint density at radius 1 is 0.380 bits per heavy atom. The topological polar surface area (TPSA) is 38.7 Å². The molecule has 1 aliphatic carbocycles. The average molecular weight is 656 g/mol. The van der Waals surface area contributed by atoms with Crippen LogP contribution < -0.4 is 0 Å². The third-order valence-corrected chi connectivity index (χ3v) is 11.1. The van der Waals surface area contributed by atoms with Gasteiger partial charge in [-0.15, -0.1) is 11.3 Å². The minimum atomic E-state index is 0.148. The first-order chi connectivity index (χ1) is 24.8. The summed E-state index contributed by atoms with van der Waals surface area (Å²) in [4.78, 5) is 15.4. The number of benzene rings is 7. The average Bonchev–Trinajstić information content (AvgIpc) is 3.75. The number of fused-ring (bicyclic) bond motifs is 6. The van der Waals surface area contributed by atoms with E-state index in [0.717, 1.165) is 16.7 Å². The molecule has 3 nitrogen and oxygen atoms in total. The number of nitrogens with zero attached hydrogens (tertiary/aromatic N) is 3. The fourth-order valence-corrected chi connectivity index (χ4v) is 8.80. The van der Waals surface area contributed by atoms with Crippen molar-refractivity contribution in [2.24, 2.45) is 0 Å². The number of hydrogen-bond donors (Lipinski definition) is 0. The predicted octanol–water partition coefficient (Wildman–Crippen LogP) is 12.1. The van der Waals surface area contributed by atoms with Crippen molar-refractivity contribution < 1.29 is 0 Å². The molecule has 1 aliphatic rings. The van der Waals surface area contributed by atoms with Gasteiger partial charge in [-0.2, -0.15) is 0 Å². The van der Waals surface area contributed by atoms with Crippen LogP contribution in [0.25, 0.3) is 76.6 Å². The van der Waals surface area contributed by atoms with Gasteiger partial charge < -0.3 is 0 Å². The highest BCUT2D eigenvalue weighted by molar-refractivity contribution is 7.26. The molecule has 4 heteroatoms. The molecule has 234 valence electrons. The van der Waals surface area contributed by atoms with Crippen molar-refractivity contribution in [3.05, 3.63) is 187 Å². The van der Waals surface area contributed by atoms with Crippen molar-refractivity contribution in [3.8, 4) is 56.4 Å². The first-order valence-electron chi connectivity index (χ1n) is 16.9. The predicted molar refractivity (Wildman–Crippen MR) is 207 cm³/mol. The smallest absolute Gasteiger partial charge is 0.164 e. The number of hydrogen-bond acceptors (Lipinski definition) is 4. The lowest BCUT2D eigenvalue weighted by Gasteiger charge is -2.15. The summed E-state index contributed by atoms with van der Waals surface area (Å²) in [6.45, 7) is 0. The second-order valence-electron chi connectivity index (χ2n) is 12.7. The third-order valence-electron chi connectivity index (χ3n) is 9.85. The van der Waals surface area contributed by atoms with Crippen LogP contribution in [0, 0.1) is 0 Å². The van der Waals surface area contributed by atoms with Crippen molar-refractivity contribution in [2.45, 2.75) is 5.92 Å². The van der Waals surface area contributed by atoms with Crippen LogP contribution >= 0.6 is 11.3 Å². The summed E-state index contributed by atoms with van der Waals surface area (Å²) in [7, 11) is 0. The van der Waals surface area contributed by atoms with Crippen molar-refractivity contribution in [1.29, 1.82) is 0 Å². The summed E-state index contributed by atoms with van der Waals surface area (Å²) in [5.41, 5.74) is 11.6. The van der Waals surface area contributed by atoms with Crippen molar-refractivity contribution in [1.82, 2.24) is 15.0 Å². The molecule has 0 amide bonds. The van der Waals surface area contributed by atoms with Gasteiger partial charge in [0.1, 0.15) is 0 Å². The maximum Gasteiger partial charge on any atom is 0.164 e. The van der Waals surface area contributed by atoms with E-state index < -0.39 is 0 Å². The zero-order valence-corrected chi connectivity index (χ0v) is 27.8. The van der Waals surface area contributed by atoms with Crippen molar-refractivity contribution >= 4 is 31.5 Å². The molecule has 0 radical (unpaired) electrons. The van der Waals surface area contributed by atoms with E-state index in [4.69, 9.17) is 15.0 Å². The van der Waals surface area contributed by atoms with Crippen LogP contribution in [0.5, 0.6) is 0 Å². The molecular formula is C46H29N3S. The molecule has 1 atom stereocenters. The Kier molecular flexibility index (Phi) is 6.74. The monoisotopic (exact) mass is 655 g/mol. The van der Waals surface area contributed by atoms with Crippen LogP contribution in [-0.2, 0) is 0 Å². The van der Waals surface area contributed by atoms with Gasteiger partial charge in [0.15, 0.2) is 17.5 Å². The molecule has 0 N–H and O–H groups in total. The van der Waals surface area contributed by atoms with Gasteiger partial charge in [0.25, 0.3) is 0 Å². The highest BCUT2D eigenvalue weighted by atomic mass is 32.1. The second kappa shape index (κ2) is 11.7. The van der Waals surface area contributed by atoms with Crippen LogP contribution in [0.3, 0.4) is 0 Å². The summed E-state index contributed by atoms with van der Waals surface area (Å²) in [5, 5.41) is 2.61. The summed E-state index contributed by atoms with van der Waals surface area (Å²) < 4.78 is 2.62. The molecule has 7 aromatic carbocycles. The second-order valence-corrected chi connectivity index (χ2v) is 13.8. The Bertz CT molecular complexity index is 2700. The Labute approximate surface area is 294 Å². The third kappa shape index (κ3) is 4.68. The van der Waals surface area contributed by atoms with Crippen LogP contribution in [0.4, 0.5) is 0 Å². The van der Waals surface area contributed by atoms with E-state index in [1.165, 1.54) is 59.1 Å². The lowest BCUT2D eigenvalue weighted by Crippen LogP contribution is -2.02. The Morgan fingerprint density at radius 2 is 0.940 bits per heavy atom. The molecule has 0 saturated carbocycles. The van der Waals surface area contributed by atoms with Gasteiger partial charge in [0.05, 0.1) is 0 Å². The summed E-state index contributed by atoms with van der Waals surface area (Å²) in [5.74, 6) is 2.14. The van der Waals surface area contributed by atoms with Crippen LogP contribution in [0.2, 0.25) is 0 Å². The zero-order chi connectivity index (χ0) is 33.0. The molecule has 2 heterocycles. The standard InChI is InChI=1S/C46H29N3S/c1-3-13-30(14-4-1)41-35-18-7-8-19-36(35)42-38(41)22-12-23-39(42)46-48-44(31-15-5-2-6-16-31)47-45(49-46)32-27-25-29(26-28-32)33-20-11-21-37-34-17-9-10-24-40(34)50-43(33)37/h1-28,41H. The minimum Gasteiger partial charge on any atom is -0.208 e. The largest absolute Gasteiger partial charge is 0.208 e. The van der Waals surface area contributed by atoms with E-state index in [1.54, 1.807) is 0 Å². The van der Waals surface area contributed by atoms with Gasteiger partial charge in [0, 0.05) is 42.8 Å². The Hall–Kier alpha value is -6.23. The normalized spacial score (nSPS) is 13.4. The van der Waals surface area contributed by atoms with Crippen molar-refractivity contribution in [3.63, 3.8) is 0 Å². The number of rotatable bonds is 5. The fourth-order valence-electron chi connectivity index (χ4n) is 7.56. The summed E-state index contributed by atoms with van der Waals surface area (Å²) in [6, 6.07) is 60.2. The summed E-state index contributed by atoms with van der Waals surface area (Å²) in [6.07, 6.45) is 0. The minimum absolute atomic E-state index is 0.148. The SMILES string of the molecule is c1ccc(-c2nc(-c3ccc(-c4cccc5c4sc4ccccc45)cc3)nc(-c3cccc4c3-c3ccccc3C4c3ccccc3)n2)cc1. The first-order valence-corrected chi connectivity index (χ1v) is 17.7. The molecule has 0 saturated heterocycles. The van der Waals surface area contributed by atoms with Gasteiger partial charge in [-0.25, -0.2) is 15.0 Å². The molecule has 0 aliphatic heterocycles. The molecule has 10 rings (SSSR count). The fraction of sp³-hybridized carbons (Fsp3) is 0.0217. The zero-order valence-electron chi connectivity index (χ0n) is 27.0. The van der Waals surface area contributed by atoms with Crippen molar-refractivity contribution in [2.75, 3.05) is 0 Å². The quantitative estimate of drug-likeness (QED) is 0.185. The maximum absolute atomic E-state index is 5.21. The van der Waals surface area contributed by atoms with Gasteiger partial charge >= 0.3 is 0 Å². The highest BCUT2D eigenvalue weighted by Crippen LogP contribution is 2.51. The Morgan fingerprint density at radius 3 is 1.76 bits per heavy atom. The van der Waals surface area contributed by atoms with E-state index in [0.29, 0.717) is 17.5 Å². The van der Waals surface area contributed by atoms with Gasteiger partial charge in [-0.05, 0) is 45.0 Å². The number of thiophene rings is 1. The lowest BCUT2D eigenvalue weighted by molar-refractivity contribution is 1.01. The lowest BCUT2D eigenvalue weighted by atomic mass is 9.89.